The van der Waals surface area contributed by atoms with E-state index in [-0.39, 0.29) is 0 Å². The molecular weight excluding hydrogens is 368 g/mol. The van der Waals surface area contributed by atoms with Crippen LogP contribution in [0.5, 0.6) is 11.5 Å². The second-order valence-electron chi connectivity index (χ2n) is 6.98. The van der Waals surface area contributed by atoms with Crippen molar-refractivity contribution in [2.45, 2.75) is 13.5 Å². The van der Waals surface area contributed by atoms with E-state index < -0.39 is 0 Å². The summed E-state index contributed by atoms with van der Waals surface area (Å²) in [4.78, 5) is 7.05. The number of hydrogen-bond acceptors (Lipinski definition) is 5. The maximum Gasteiger partial charge on any atom is 0.188 e. The van der Waals surface area contributed by atoms with E-state index in [1.165, 1.54) is 16.5 Å². The van der Waals surface area contributed by atoms with Crippen LogP contribution in [0.3, 0.4) is 0 Å². The molecule has 1 aromatic heterocycles. The van der Waals surface area contributed by atoms with Gasteiger partial charge in [0.2, 0.25) is 0 Å². The zero-order chi connectivity index (χ0) is 19.1. The third-order valence-electron chi connectivity index (χ3n) is 5.13. The first-order valence-corrected chi connectivity index (χ1v) is 10.1. The number of ether oxygens (including phenoxy) is 2. The SMILES string of the molecule is COc1ccc2c3c(ccc2c1)OCN(c1nc(-c2ccc(C)cc2)cs1)C3. The van der Waals surface area contributed by atoms with Gasteiger partial charge in [0.1, 0.15) is 11.5 Å². The maximum atomic E-state index is 6.05. The van der Waals surface area contributed by atoms with E-state index in [1.807, 2.05) is 12.1 Å². The Bertz CT molecular complexity index is 1150. The molecule has 0 amide bonds. The summed E-state index contributed by atoms with van der Waals surface area (Å²) in [6.45, 7) is 3.38. The number of thiazole rings is 1. The minimum Gasteiger partial charge on any atom is -0.497 e. The first kappa shape index (κ1) is 17.1. The molecule has 0 aliphatic carbocycles. The summed E-state index contributed by atoms with van der Waals surface area (Å²) in [5, 5.41) is 5.44. The summed E-state index contributed by atoms with van der Waals surface area (Å²) in [7, 11) is 1.69. The fourth-order valence-corrected chi connectivity index (χ4v) is 4.37. The minimum atomic E-state index is 0.509. The molecule has 0 fully saturated rings. The summed E-state index contributed by atoms with van der Waals surface area (Å²) >= 11 is 1.66. The van der Waals surface area contributed by atoms with Crippen LogP contribution in [0, 0.1) is 6.92 Å². The van der Waals surface area contributed by atoms with Gasteiger partial charge in [-0.3, -0.25) is 0 Å². The number of anilines is 1. The van der Waals surface area contributed by atoms with Gasteiger partial charge in [0.25, 0.3) is 0 Å². The van der Waals surface area contributed by atoms with Crippen molar-refractivity contribution in [1.29, 1.82) is 0 Å². The van der Waals surface area contributed by atoms with Crippen molar-refractivity contribution in [1.82, 2.24) is 4.98 Å². The molecule has 1 aliphatic rings. The Morgan fingerprint density at radius 3 is 2.75 bits per heavy atom. The second-order valence-corrected chi connectivity index (χ2v) is 7.82. The zero-order valence-electron chi connectivity index (χ0n) is 15.8. The smallest absolute Gasteiger partial charge is 0.188 e. The molecule has 140 valence electrons. The highest BCUT2D eigenvalue weighted by Crippen LogP contribution is 2.37. The normalized spacial score (nSPS) is 13.3. The lowest BCUT2D eigenvalue weighted by Gasteiger charge is -2.29. The van der Waals surface area contributed by atoms with Crippen molar-refractivity contribution in [3.63, 3.8) is 0 Å². The number of aromatic nitrogens is 1. The van der Waals surface area contributed by atoms with E-state index in [0.29, 0.717) is 6.73 Å². The van der Waals surface area contributed by atoms with Crippen molar-refractivity contribution in [2.75, 3.05) is 18.7 Å². The Morgan fingerprint density at radius 1 is 1.07 bits per heavy atom. The van der Waals surface area contributed by atoms with Crippen LogP contribution in [-0.4, -0.2) is 18.8 Å². The lowest BCUT2D eigenvalue weighted by molar-refractivity contribution is 0.290. The largest absolute Gasteiger partial charge is 0.497 e. The molecule has 28 heavy (non-hydrogen) atoms. The summed E-state index contributed by atoms with van der Waals surface area (Å²) < 4.78 is 11.4. The molecule has 0 unspecified atom stereocenters. The van der Waals surface area contributed by atoms with Crippen molar-refractivity contribution >= 4 is 27.2 Å². The summed E-state index contributed by atoms with van der Waals surface area (Å²) in [6.07, 6.45) is 0. The molecule has 0 atom stereocenters. The van der Waals surface area contributed by atoms with Crippen molar-refractivity contribution in [2.24, 2.45) is 0 Å². The highest BCUT2D eigenvalue weighted by atomic mass is 32.1. The van der Waals surface area contributed by atoms with E-state index in [2.05, 4.69) is 59.7 Å². The molecule has 3 aromatic carbocycles. The molecule has 1 aliphatic heterocycles. The predicted molar refractivity (Wildman–Crippen MR) is 114 cm³/mol. The molecule has 0 saturated heterocycles. The molecule has 4 aromatic rings. The highest BCUT2D eigenvalue weighted by molar-refractivity contribution is 7.14. The third kappa shape index (κ3) is 2.98. The highest BCUT2D eigenvalue weighted by Gasteiger charge is 2.22. The number of aryl methyl sites for hydroxylation is 1. The van der Waals surface area contributed by atoms with Gasteiger partial charge in [0.15, 0.2) is 11.9 Å². The Hall–Kier alpha value is -3.05. The lowest BCUT2D eigenvalue weighted by Crippen LogP contribution is -2.31. The average Bonchev–Trinajstić information content (AvgIpc) is 3.23. The standard InChI is InChI=1S/C23H20N2O2S/c1-15-3-5-16(6-4-15)21-13-28-23(24-21)25-12-20-19-9-8-18(26-2)11-17(19)7-10-22(20)27-14-25/h3-11,13H,12,14H2,1-2H3. The Kier molecular flexibility index (Phi) is 4.17. The average molecular weight is 388 g/mol. The van der Waals surface area contributed by atoms with Crippen LogP contribution in [0.1, 0.15) is 11.1 Å². The number of methoxy groups -OCH3 is 1. The fourth-order valence-electron chi connectivity index (χ4n) is 3.55. The topological polar surface area (TPSA) is 34.6 Å². The van der Waals surface area contributed by atoms with Crippen LogP contribution in [0.15, 0.2) is 60.0 Å². The van der Waals surface area contributed by atoms with Gasteiger partial charge in [-0.15, -0.1) is 11.3 Å². The monoisotopic (exact) mass is 388 g/mol. The number of rotatable bonds is 3. The van der Waals surface area contributed by atoms with Crippen LogP contribution in [0.2, 0.25) is 0 Å². The van der Waals surface area contributed by atoms with Crippen LogP contribution in [0.25, 0.3) is 22.0 Å². The molecule has 5 rings (SSSR count). The Balaban J connectivity index is 1.47. The number of benzene rings is 3. The van der Waals surface area contributed by atoms with Gasteiger partial charge < -0.3 is 14.4 Å². The molecular formula is C23H20N2O2S. The second kappa shape index (κ2) is 6.84. The van der Waals surface area contributed by atoms with Gasteiger partial charge in [0, 0.05) is 16.5 Å². The van der Waals surface area contributed by atoms with Gasteiger partial charge in [-0.1, -0.05) is 42.0 Å². The molecule has 0 bridgehead atoms. The van der Waals surface area contributed by atoms with E-state index in [0.717, 1.165) is 39.8 Å². The molecule has 4 nitrogen and oxygen atoms in total. The first-order valence-electron chi connectivity index (χ1n) is 9.21. The zero-order valence-corrected chi connectivity index (χ0v) is 16.6. The summed E-state index contributed by atoms with van der Waals surface area (Å²) in [5.41, 5.74) is 4.60. The van der Waals surface area contributed by atoms with E-state index in [1.54, 1.807) is 18.4 Å². The fraction of sp³-hybridized carbons (Fsp3) is 0.174. The van der Waals surface area contributed by atoms with Gasteiger partial charge in [-0.25, -0.2) is 4.98 Å². The Morgan fingerprint density at radius 2 is 1.93 bits per heavy atom. The van der Waals surface area contributed by atoms with E-state index >= 15 is 0 Å². The van der Waals surface area contributed by atoms with Crippen LogP contribution in [0.4, 0.5) is 5.13 Å². The van der Waals surface area contributed by atoms with Crippen LogP contribution < -0.4 is 14.4 Å². The van der Waals surface area contributed by atoms with Crippen LogP contribution in [-0.2, 0) is 6.54 Å². The quantitative estimate of drug-likeness (QED) is 0.455. The molecule has 2 heterocycles. The van der Waals surface area contributed by atoms with E-state index in [4.69, 9.17) is 14.5 Å². The number of fused-ring (bicyclic) bond motifs is 3. The molecule has 0 spiro atoms. The van der Waals surface area contributed by atoms with Crippen molar-refractivity contribution in [3.8, 4) is 22.8 Å². The van der Waals surface area contributed by atoms with Crippen LogP contribution >= 0.6 is 11.3 Å². The minimum absolute atomic E-state index is 0.509. The molecule has 0 radical (unpaired) electrons. The summed E-state index contributed by atoms with van der Waals surface area (Å²) in [6, 6.07) is 18.8. The molecule has 0 N–H and O–H groups in total. The first-order chi connectivity index (χ1) is 13.7. The number of nitrogens with zero attached hydrogens (tertiary/aromatic N) is 2. The third-order valence-corrected chi connectivity index (χ3v) is 6.03. The van der Waals surface area contributed by atoms with Gasteiger partial charge in [-0.05, 0) is 35.9 Å². The van der Waals surface area contributed by atoms with E-state index in [9.17, 15) is 0 Å². The van der Waals surface area contributed by atoms with Crippen molar-refractivity contribution < 1.29 is 9.47 Å². The van der Waals surface area contributed by atoms with Gasteiger partial charge in [-0.2, -0.15) is 0 Å². The Labute approximate surface area is 168 Å². The maximum absolute atomic E-state index is 6.05. The van der Waals surface area contributed by atoms with Crippen molar-refractivity contribution in [3.05, 3.63) is 71.1 Å². The summed E-state index contributed by atoms with van der Waals surface area (Å²) in [5.74, 6) is 1.81. The molecule has 5 heteroatoms. The lowest BCUT2D eigenvalue weighted by atomic mass is 10.0. The van der Waals surface area contributed by atoms with Gasteiger partial charge in [0.05, 0.1) is 19.3 Å². The van der Waals surface area contributed by atoms with Gasteiger partial charge >= 0.3 is 0 Å². The number of hydrogen-bond donors (Lipinski definition) is 0. The predicted octanol–water partition coefficient (Wildman–Crippen LogP) is 5.64. The molecule has 0 saturated carbocycles.